The Hall–Kier alpha value is -2.80. The Morgan fingerprint density at radius 3 is 2.46 bits per heavy atom. The molecule has 0 unspecified atom stereocenters. The minimum Gasteiger partial charge on any atom is -0.477 e. The predicted octanol–water partition coefficient (Wildman–Crippen LogP) is 3.96. The SMILES string of the molecule is O=C(O)c1c[nH]c2c(-c3ccc(F)cc3F)c(Cl)c(F)cc2c1=O. The van der Waals surface area contributed by atoms with E-state index in [1.807, 2.05) is 0 Å². The van der Waals surface area contributed by atoms with E-state index in [1.165, 1.54) is 0 Å². The number of benzene rings is 2. The van der Waals surface area contributed by atoms with E-state index in [0.29, 0.717) is 6.07 Å². The van der Waals surface area contributed by atoms with E-state index in [-0.39, 0.29) is 22.0 Å². The second-order valence-electron chi connectivity index (χ2n) is 4.93. The van der Waals surface area contributed by atoms with Gasteiger partial charge in [-0.3, -0.25) is 4.79 Å². The van der Waals surface area contributed by atoms with Crippen LogP contribution in [0.3, 0.4) is 0 Å². The fourth-order valence-electron chi connectivity index (χ4n) is 2.41. The molecular weight excluding hydrogens is 347 g/mol. The van der Waals surface area contributed by atoms with Crippen LogP contribution in [-0.4, -0.2) is 16.1 Å². The number of carboxylic acids is 1. The molecule has 0 bridgehead atoms. The van der Waals surface area contributed by atoms with Crippen LogP contribution >= 0.6 is 11.6 Å². The summed E-state index contributed by atoms with van der Waals surface area (Å²) in [5.74, 6) is -4.37. The van der Waals surface area contributed by atoms with E-state index in [2.05, 4.69) is 4.98 Å². The van der Waals surface area contributed by atoms with Gasteiger partial charge in [-0.2, -0.15) is 0 Å². The van der Waals surface area contributed by atoms with E-state index in [0.717, 1.165) is 24.4 Å². The zero-order valence-corrected chi connectivity index (χ0v) is 12.4. The molecule has 0 aliphatic rings. The number of rotatable bonds is 2. The zero-order chi connectivity index (χ0) is 17.6. The number of aromatic carboxylic acids is 1. The normalized spacial score (nSPS) is 11.0. The molecule has 0 aliphatic heterocycles. The first-order valence-electron chi connectivity index (χ1n) is 6.53. The van der Waals surface area contributed by atoms with E-state index in [9.17, 15) is 22.8 Å². The van der Waals surface area contributed by atoms with Crippen molar-refractivity contribution in [3.05, 3.63) is 68.7 Å². The Morgan fingerprint density at radius 2 is 1.83 bits per heavy atom. The summed E-state index contributed by atoms with van der Waals surface area (Å²) < 4.78 is 41.3. The van der Waals surface area contributed by atoms with Gasteiger partial charge in [0.25, 0.3) is 0 Å². The number of H-pyrrole nitrogens is 1. The lowest BCUT2D eigenvalue weighted by atomic mass is 10.00. The average Bonchev–Trinajstić information content (AvgIpc) is 2.51. The highest BCUT2D eigenvalue weighted by Crippen LogP contribution is 2.36. The summed E-state index contributed by atoms with van der Waals surface area (Å²) in [6, 6.07) is 3.36. The van der Waals surface area contributed by atoms with Crippen LogP contribution in [0.1, 0.15) is 10.4 Å². The second-order valence-corrected chi connectivity index (χ2v) is 5.31. The van der Waals surface area contributed by atoms with Crippen LogP contribution in [0.2, 0.25) is 5.02 Å². The number of hydrogen-bond donors (Lipinski definition) is 2. The number of carbonyl (C=O) groups is 1. The predicted molar refractivity (Wildman–Crippen MR) is 81.8 cm³/mol. The van der Waals surface area contributed by atoms with Gasteiger partial charge in [0.15, 0.2) is 0 Å². The molecule has 1 aromatic heterocycles. The molecule has 0 spiro atoms. The lowest BCUT2D eigenvalue weighted by molar-refractivity contribution is 0.0695. The van der Waals surface area contributed by atoms with Gasteiger partial charge < -0.3 is 10.1 Å². The lowest BCUT2D eigenvalue weighted by Crippen LogP contribution is -2.16. The van der Waals surface area contributed by atoms with Crippen molar-refractivity contribution < 1.29 is 23.1 Å². The first-order valence-corrected chi connectivity index (χ1v) is 6.91. The maximum absolute atomic E-state index is 14.1. The summed E-state index contributed by atoms with van der Waals surface area (Å²) in [6.45, 7) is 0. The number of aromatic nitrogens is 1. The minimum atomic E-state index is -1.50. The van der Waals surface area contributed by atoms with Crippen molar-refractivity contribution in [3.8, 4) is 11.1 Å². The van der Waals surface area contributed by atoms with E-state index in [1.54, 1.807) is 0 Å². The maximum atomic E-state index is 14.1. The molecule has 8 heteroatoms. The topological polar surface area (TPSA) is 70.2 Å². The first kappa shape index (κ1) is 16.1. The molecule has 0 atom stereocenters. The van der Waals surface area contributed by atoms with Gasteiger partial charge in [-0.15, -0.1) is 0 Å². The zero-order valence-electron chi connectivity index (χ0n) is 11.7. The number of fused-ring (bicyclic) bond motifs is 1. The molecule has 122 valence electrons. The van der Waals surface area contributed by atoms with Crippen LogP contribution in [-0.2, 0) is 0 Å². The molecule has 24 heavy (non-hydrogen) atoms. The monoisotopic (exact) mass is 353 g/mol. The Morgan fingerprint density at radius 1 is 1.12 bits per heavy atom. The molecule has 0 aliphatic carbocycles. The van der Waals surface area contributed by atoms with Crippen LogP contribution < -0.4 is 5.43 Å². The van der Waals surface area contributed by atoms with Crippen LogP contribution in [0.5, 0.6) is 0 Å². The van der Waals surface area contributed by atoms with Crippen molar-refractivity contribution in [3.63, 3.8) is 0 Å². The van der Waals surface area contributed by atoms with Gasteiger partial charge in [0.2, 0.25) is 5.43 Å². The molecule has 0 fully saturated rings. The number of pyridine rings is 1. The Kier molecular flexibility index (Phi) is 3.81. The minimum absolute atomic E-state index is 0.0538. The molecule has 3 aromatic rings. The van der Waals surface area contributed by atoms with Gasteiger partial charge in [0.05, 0.1) is 10.5 Å². The second kappa shape index (κ2) is 5.68. The summed E-state index contributed by atoms with van der Waals surface area (Å²) in [7, 11) is 0. The van der Waals surface area contributed by atoms with Crippen LogP contribution in [0.25, 0.3) is 22.0 Å². The summed E-state index contributed by atoms with van der Waals surface area (Å²) in [6.07, 6.45) is 0.909. The molecule has 4 nitrogen and oxygen atoms in total. The van der Waals surface area contributed by atoms with Crippen molar-refractivity contribution in [2.45, 2.75) is 0 Å². The molecule has 3 rings (SSSR count). The van der Waals surface area contributed by atoms with E-state index in [4.69, 9.17) is 16.7 Å². The number of halogens is 4. The average molecular weight is 354 g/mol. The highest BCUT2D eigenvalue weighted by atomic mass is 35.5. The highest BCUT2D eigenvalue weighted by Gasteiger charge is 2.21. The van der Waals surface area contributed by atoms with Crippen molar-refractivity contribution in [1.82, 2.24) is 4.98 Å². The van der Waals surface area contributed by atoms with Crippen LogP contribution in [0.15, 0.2) is 35.3 Å². The van der Waals surface area contributed by atoms with Gasteiger partial charge in [0, 0.05) is 28.8 Å². The number of hydrogen-bond acceptors (Lipinski definition) is 2. The fraction of sp³-hybridized carbons (Fsp3) is 0. The third kappa shape index (κ3) is 2.43. The molecule has 1 heterocycles. The largest absolute Gasteiger partial charge is 0.477 e. The third-order valence-electron chi connectivity index (χ3n) is 3.50. The molecule has 0 radical (unpaired) electrons. The smallest absolute Gasteiger partial charge is 0.341 e. The van der Waals surface area contributed by atoms with Gasteiger partial charge >= 0.3 is 5.97 Å². The van der Waals surface area contributed by atoms with E-state index >= 15 is 0 Å². The molecule has 0 saturated carbocycles. The Balaban J connectivity index is 2.48. The number of carboxylic acid groups (broad SMARTS) is 1. The fourth-order valence-corrected chi connectivity index (χ4v) is 2.66. The van der Waals surface area contributed by atoms with Gasteiger partial charge in [-0.05, 0) is 18.2 Å². The van der Waals surface area contributed by atoms with Crippen LogP contribution in [0.4, 0.5) is 13.2 Å². The van der Waals surface area contributed by atoms with Gasteiger partial charge in [-0.1, -0.05) is 11.6 Å². The van der Waals surface area contributed by atoms with Crippen molar-refractivity contribution in [2.24, 2.45) is 0 Å². The number of nitrogens with one attached hydrogen (secondary N) is 1. The standard InChI is InChI=1S/C16H7ClF3NO3/c17-13-11(20)4-8-14(21-5-9(15(8)22)16(23)24)12(13)7-2-1-6(18)3-10(7)19/h1-5H,(H,21,22)(H,23,24). The third-order valence-corrected chi connectivity index (χ3v) is 3.87. The summed E-state index contributed by atoms with van der Waals surface area (Å²) in [5.41, 5.74) is -2.03. The lowest BCUT2D eigenvalue weighted by Gasteiger charge is -2.11. The Labute approximate surface area is 137 Å². The summed E-state index contributed by atoms with van der Waals surface area (Å²) in [5, 5.41) is 8.18. The van der Waals surface area contributed by atoms with Crippen molar-refractivity contribution in [2.75, 3.05) is 0 Å². The Bertz CT molecular complexity index is 1060. The van der Waals surface area contributed by atoms with E-state index < -0.39 is 39.4 Å². The van der Waals surface area contributed by atoms with Crippen molar-refractivity contribution >= 4 is 28.5 Å². The molecule has 0 saturated heterocycles. The van der Waals surface area contributed by atoms with Gasteiger partial charge in [-0.25, -0.2) is 18.0 Å². The summed E-state index contributed by atoms with van der Waals surface area (Å²) >= 11 is 5.90. The maximum Gasteiger partial charge on any atom is 0.341 e. The highest BCUT2D eigenvalue weighted by molar-refractivity contribution is 6.35. The van der Waals surface area contributed by atoms with Crippen LogP contribution in [0, 0.1) is 17.5 Å². The molecular formula is C16H7ClF3NO3. The first-order chi connectivity index (χ1) is 11.3. The number of aromatic amines is 1. The summed E-state index contributed by atoms with van der Waals surface area (Å²) in [4.78, 5) is 25.7. The molecule has 0 amide bonds. The van der Waals surface area contributed by atoms with Gasteiger partial charge in [0.1, 0.15) is 23.0 Å². The van der Waals surface area contributed by atoms with Crippen molar-refractivity contribution in [1.29, 1.82) is 0 Å². The quantitative estimate of drug-likeness (QED) is 0.732. The molecule has 2 aromatic carbocycles. The molecule has 2 N–H and O–H groups in total.